The number of nitriles is 1. The lowest BCUT2D eigenvalue weighted by Gasteiger charge is -2.19. The van der Waals surface area contributed by atoms with Gasteiger partial charge in [-0.2, -0.15) is 5.26 Å². The lowest BCUT2D eigenvalue weighted by atomic mass is 10.0. The highest BCUT2D eigenvalue weighted by molar-refractivity contribution is 5.91. The molecule has 3 nitrogen and oxygen atoms in total. The molecule has 1 aliphatic rings. The van der Waals surface area contributed by atoms with Crippen LogP contribution in [0.1, 0.15) is 29.5 Å². The summed E-state index contributed by atoms with van der Waals surface area (Å²) >= 11 is 0. The highest BCUT2D eigenvalue weighted by Crippen LogP contribution is 2.30. The van der Waals surface area contributed by atoms with Gasteiger partial charge in [0.2, 0.25) is 0 Å². The lowest BCUT2D eigenvalue weighted by molar-refractivity contribution is 0.414. The molecule has 24 heavy (non-hydrogen) atoms. The summed E-state index contributed by atoms with van der Waals surface area (Å²) in [5.41, 5.74) is 4.87. The van der Waals surface area contributed by atoms with E-state index in [-0.39, 0.29) is 0 Å². The maximum Gasteiger partial charge on any atom is 0.128 e. The maximum absolute atomic E-state index is 9.53. The van der Waals surface area contributed by atoms with Gasteiger partial charge in [0.25, 0.3) is 0 Å². The first kappa shape index (κ1) is 16.1. The van der Waals surface area contributed by atoms with E-state index in [0.29, 0.717) is 5.57 Å². The van der Waals surface area contributed by atoms with Crippen LogP contribution in [-0.4, -0.2) is 20.2 Å². The normalized spacial score (nSPS) is 14.5. The second-order valence-electron chi connectivity index (χ2n) is 6.16. The Kier molecular flexibility index (Phi) is 4.86. The maximum atomic E-state index is 9.53. The third-order valence-electron chi connectivity index (χ3n) is 4.47. The fourth-order valence-electron chi connectivity index (χ4n) is 3.06. The van der Waals surface area contributed by atoms with Gasteiger partial charge in [-0.3, -0.25) is 0 Å². The van der Waals surface area contributed by atoms with Crippen LogP contribution in [0.2, 0.25) is 0 Å². The molecule has 2 aromatic carbocycles. The molecule has 3 rings (SSSR count). The van der Waals surface area contributed by atoms with Crippen LogP contribution in [0.4, 0.5) is 5.69 Å². The summed E-state index contributed by atoms with van der Waals surface area (Å²) in [4.78, 5) is 2.38. The van der Waals surface area contributed by atoms with Crippen LogP contribution in [0.25, 0.3) is 11.6 Å². The summed E-state index contributed by atoms with van der Waals surface area (Å²) in [5.74, 6) is 0.805. The molecule has 0 atom stereocenters. The van der Waals surface area contributed by atoms with Gasteiger partial charge in [0.15, 0.2) is 0 Å². The van der Waals surface area contributed by atoms with Crippen LogP contribution in [-0.2, 0) is 0 Å². The highest BCUT2D eigenvalue weighted by atomic mass is 16.5. The molecule has 0 aliphatic carbocycles. The van der Waals surface area contributed by atoms with Crippen molar-refractivity contribution in [2.24, 2.45) is 0 Å². The molecule has 1 saturated heterocycles. The molecule has 0 saturated carbocycles. The molecule has 1 fully saturated rings. The Hall–Kier alpha value is -2.73. The molecular weight excluding hydrogens is 296 g/mol. The van der Waals surface area contributed by atoms with E-state index < -0.39 is 0 Å². The zero-order valence-corrected chi connectivity index (χ0v) is 14.2. The Labute approximate surface area is 143 Å². The van der Waals surface area contributed by atoms with Crippen molar-refractivity contribution in [2.75, 3.05) is 25.1 Å². The number of anilines is 1. The smallest absolute Gasteiger partial charge is 0.128 e. The highest BCUT2D eigenvalue weighted by Gasteiger charge is 2.14. The number of aryl methyl sites for hydroxylation is 1. The first-order valence-electron chi connectivity index (χ1n) is 8.33. The Bertz CT molecular complexity index is 778. The van der Waals surface area contributed by atoms with Crippen molar-refractivity contribution in [2.45, 2.75) is 19.8 Å². The minimum atomic E-state index is 0.641. The second kappa shape index (κ2) is 7.23. The van der Waals surface area contributed by atoms with Crippen LogP contribution in [0, 0.1) is 18.3 Å². The van der Waals surface area contributed by atoms with Gasteiger partial charge in [0.05, 0.1) is 18.8 Å². The second-order valence-corrected chi connectivity index (χ2v) is 6.16. The van der Waals surface area contributed by atoms with E-state index in [4.69, 9.17) is 4.74 Å². The first-order chi connectivity index (χ1) is 11.7. The third-order valence-corrected chi connectivity index (χ3v) is 4.47. The molecule has 1 aliphatic heterocycles. The Morgan fingerprint density at radius 2 is 1.83 bits per heavy atom. The molecule has 0 bridgehead atoms. The van der Waals surface area contributed by atoms with Gasteiger partial charge >= 0.3 is 0 Å². The van der Waals surface area contributed by atoms with Gasteiger partial charge in [-0.1, -0.05) is 29.8 Å². The summed E-state index contributed by atoms with van der Waals surface area (Å²) in [7, 11) is 1.68. The van der Waals surface area contributed by atoms with Gasteiger partial charge in [-0.25, -0.2) is 0 Å². The predicted molar refractivity (Wildman–Crippen MR) is 99.1 cm³/mol. The zero-order chi connectivity index (χ0) is 16.9. The minimum Gasteiger partial charge on any atom is -0.496 e. The lowest BCUT2D eigenvalue weighted by Crippen LogP contribution is -2.17. The van der Waals surface area contributed by atoms with Crippen molar-refractivity contribution in [3.63, 3.8) is 0 Å². The zero-order valence-electron chi connectivity index (χ0n) is 14.2. The monoisotopic (exact) mass is 318 g/mol. The average Bonchev–Trinajstić information content (AvgIpc) is 3.15. The number of benzene rings is 2. The first-order valence-corrected chi connectivity index (χ1v) is 8.33. The van der Waals surface area contributed by atoms with Crippen LogP contribution >= 0.6 is 0 Å². The standard InChI is InChI=1S/C21H22N2O/c1-16-5-7-17(8-6-16)19(15-22)13-18-9-10-20(14-21(18)24-2)23-11-3-4-12-23/h5-10,13-14H,3-4,11-12H2,1-2H3/b19-13-. The fraction of sp³-hybridized carbons (Fsp3) is 0.286. The Morgan fingerprint density at radius 3 is 2.46 bits per heavy atom. The van der Waals surface area contributed by atoms with E-state index >= 15 is 0 Å². The summed E-state index contributed by atoms with van der Waals surface area (Å²) < 4.78 is 5.57. The third kappa shape index (κ3) is 3.44. The number of nitrogens with zero attached hydrogens (tertiary/aromatic N) is 2. The number of ether oxygens (including phenoxy) is 1. The molecule has 3 heteroatoms. The Morgan fingerprint density at radius 1 is 1.12 bits per heavy atom. The van der Waals surface area contributed by atoms with E-state index in [1.54, 1.807) is 7.11 Å². The quantitative estimate of drug-likeness (QED) is 0.607. The van der Waals surface area contributed by atoms with Crippen molar-refractivity contribution in [1.29, 1.82) is 5.26 Å². The van der Waals surface area contributed by atoms with E-state index in [1.807, 2.05) is 43.3 Å². The molecule has 0 unspecified atom stereocenters. The molecule has 0 N–H and O–H groups in total. The van der Waals surface area contributed by atoms with Gasteiger partial charge in [0, 0.05) is 30.4 Å². The van der Waals surface area contributed by atoms with Gasteiger partial charge < -0.3 is 9.64 Å². The number of rotatable bonds is 4. The summed E-state index contributed by atoms with van der Waals surface area (Å²) in [6, 6.07) is 16.5. The van der Waals surface area contributed by atoms with Gasteiger partial charge in [0.1, 0.15) is 5.75 Å². The van der Waals surface area contributed by atoms with Gasteiger partial charge in [-0.05, 0) is 43.5 Å². The molecule has 2 aromatic rings. The molecule has 0 radical (unpaired) electrons. The summed E-state index contributed by atoms with van der Waals surface area (Å²) in [5, 5.41) is 9.53. The number of methoxy groups -OCH3 is 1. The molecule has 1 heterocycles. The van der Waals surface area contributed by atoms with Crippen molar-refractivity contribution < 1.29 is 4.74 Å². The SMILES string of the molecule is COc1cc(N2CCCC2)ccc1/C=C(/C#N)c1ccc(C)cc1. The van der Waals surface area contributed by atoms with E-state index in [0.717, 1.165) is 30.0 Å². The predicted octanol–water partition coefficient (Wildman–Crippen LogP) is 4.67. The van der Waals surface area contributed by atoms with Crippen LogP contribution in [0.3, 0.4) is 0 Å². The molecule has 122 valence electrons. The largest absolute Gasteiger partial charge is 0.496 e. The van der Waals surface area contributed by atoms with Crippen LogP contribution in [0.5, 0.6) is 5.75 Å². The van der Waals surface area contributed by atoms with Crippen molar-refractivity contribution in [1.82, 2.24) is 0 Å². The topological polar surface area (TPSA) is 36.3 Å². The minimum absolute atomic E-state index is 0.641. The van der Waals surface area contributed by atoms with Crippen LogP contribution in [0.15, 0.2) is 42.5 Å². The van der Waals surface area contributed by atoms with Crippen molar-refractivity contribution in [3.05, 3.63) is 59.2 Å². The summed E-state index contributed by atoms with van der Waals surface area (Å²) in [6.45, 7) is 4.25. The number of hydrogen-bond donors (Lipinski definition) is 0. The average molecular weight is 318 g/mol. The number of hydrogen-bond acceptors (Lipinski definition) is 3. The van der Waals surface area contributed by atoms with E-state index in [9.17, 15) is 5.26 Å². The fourth-order valence-corrected chi connectivity index (χ4v) is 3.06. The van der Waals surface area contributed by atoms with Gasteiger partial charge in [-0.15, -0.1) is 0 Å². The molecule has 0 aromatic heterocycles. The molecular formula is C21H22N2O. The summed E-state index contributed by atoms with van der Waals surface area (Å²) in [6.07, 6.45) is 4.39. The number of allylic oxidation sites excluding steroid dienone is 1. The molecule has 0 amide bonds. The molecule has 0 spiro atoms. The Balaban J connectivity index is 1.95. The van der Waals surface area contributed by atoms with Crippen molar-refractivity contribution >= 4 is 17.3 Å². The van der Waals surface area contributed by atoms with Crippen molar-refractivity contribution in [3.8, 4) is 11.8 Å². The van der Waals surface area contributed by atoms with E-state index in [2.05, 4.69) is 23.1 Å². The van der Waals surface area contributed by atoms with E-state index in [1.165, 1.54) is 24.1 Å². The van der Waals surface area contributed by atoms with Crippen LogP contribution < -0.4 is 9.64 Å².